The fraction of sp³-hybridized carbons (Fsp3) is 0.286. The van der Waals surface area contributed by atoms with Crippen LogP contribution in [0.2, 0.25) is 10.0 Å². The summed E-state index contributed by atoms with van der Waals surface area (Å²) in [6, 6.07) is 5.20. The molecule has 0 aliphatic heterocycles. The number of methoxy groups -OCH3 is 1. The second-order valence-corrected chi connectivity index (χ2v) is 5.31. The fourth-order valence-electron chi connectivity index (χ4n) is 1.99. The van der Waals surface area contributed by atoms with Crippen LogP contribution in [0.5, 0.6) is 0 Å². The normalized spacial score (nSPS) is 11.1. The highest BCUT2D eigenvalue weighted by Gasteiger charge is 2.22. The SMILES string of the molecule is COC(=O)c1nc2ccc(Cl)cc2c(Cl)c1C(C)C. The van der Waals surface area contributed by atoms with Crippen molar-refractivity contribution in [1.29, 1.82) is 0 Å². The molecule has 0 amide bonds. The summed E-state index contributed by atoms with van der Waals surface area (Å²) in [6.45, 7) is 3.90. The van der Waals surface area contributed by atoms with Crippen LogP contribution in [0, 0.1) is 0 Å². The summed E-state index contributed by atoms with van der Waals surface area (Å²) in [6.07, 6.45) is 0. The molecule has 1 aromatic heterocycles. The summed E-state index contributed by atoms with van der Waals surface area (Å²) in [4.78, 5) is 16.2. The first-order chi connectivity index (χ1) is 8.95. The third-order valence-electron chi connectivity index (χ3n) is 2.88. The van der Waals surface area contributed by atoms with Crippen LogP contribution in [0.3, 0.4) is 0 Å². The van der Waals surface area contributed by atoms with E-state index in [9.17, 15) is 4.79 Å². The van der Waals surface area contributed by atoms with Crippen LogP contribution in [0.15, 0.2) is 18.2 Å². The predicted molar refractivity (Wildman–Crippen MR) is 77.2 cm³/mol. The number of benzene rings is 1. The van der Waals surface area contributed by atoms with Gasteiger partial charge in [0.2, 0.25) is 0 Å². The Hall–Kier alpha value is -1.32. The van der Waals surface area contributed by atoms with Gasteiger partial charge in [0.1, 0.15) is 0 Å². The summed E-state index contributed by atoms with van der Waals surface area (Å²) >= 11 is 12.4. The van der Waals surface area contributed by atoms with Gasteiger partial charge in [-0.25, -0.2) is 9.78 Å². The van der Waals surface area contributed by atoms with Crippen LogP contribution in [-0.4, -0.2) is 18.1 Å². The maximum Gasteiger partial charge on any atom is 0.357 e. The molecule has 0 saturated carbocycles. The molecule has 0 aliphatic carbocycles. The number of fused-ring (bicyclic) bond motifs is 1. The number of ether oxygens (including phenoxy) is 1. The second-order valence-electron chi connectivity index (χ2n) is 4.50. The zero-order valence-corrected chi connectivity index (χ0v) is 12.3. The number of aromatic nitrogens is 1. The number of carbonyl (C=O) groups excluding carboxylic acids is 1. The van der Waals surface area contributed by atoms with Gasteiger partial charge in [-0.2, -0.15) is 0 Å². The van der Waals surface area contributed by atoms with Crippen molar-refractivity contribution in [2.45, 2.75) is 19.8 Å². The van der Waals surface area contributed by atoms with Gasteiger partial charge < -0.3 is 4.74 Å². The van der Waals surface area contributed by atoms with Gasteiger partial charge in [-0.3, -0.25) is 0 Å². The highest BCUT2D eigenvalue weighted by atomic mass is 35.5. The maximum absolute atomic E-state index is 11.8. The van der Waals surface area contributed by atoms with Crippen LogP contribution in [0.1, 0.15) is 35.8 Å². The van der Waals surface area contributed by atoms with E-state index in [-0.39, 0.29) is 11.6 Å². The maximum atomic E-state index is 11.8. The van der Waals surface area contributed by atoms with Crippen LogP contribution >= 0.6 is 23.2 Å². The van der Waals surface area contributed by atoms with Crippen molar-refractivity contribution in [2.75, 3.05) is 7.11 Å². The molecule has 0 atom stereocenters. The number of hydrogen-bond donors (Lipinski definition) is 0. The van der Waals surface area contributed by atoms with E-state index in [0.29, 0.717) is 21.1 Å². The molecule has 5 heteroatoms. The standard InChI is InChI=1S/C14H13Cl2NO2/c1-7(2)11-12(16)9-6-8(15)4-5-10(9)17-13(11)14(18)19-3/h4-7H,1-3H3. The lowest BCUT2D eigenvalue weighted by Gasteiger charge is -2.14. The van der Waals surface area contributed by atoms with Crippen molar-refractivity contribution in [2.24, 2.45) is 0 Å². The van der Waals surface area contributed by atoms with Gasteiger partial charge in [-0.15, -0.1) is 0 Å². The lowest BCUT2D eigenvalue weighted by atomic mass is 9.99. The average molecular weight is 298 g/mol. The van der Waals surface area contributed by atoms with E-state index in [4.69, 9.17) is 27.9 Å². The first-order valence-electron chi connectivity index (χ1n) is 5.82. The number of hydrogen-bond acceptors (Lipinski definition) is 3. The molecular formula is C14H13Cl2NO2. The number of pyridine rings is 1. The molecular weight excluding hydrogens is 285 g/mol. The van der Waals surface area contributed by atoms with E-state index >= 15 is 0 Å². The predicted octanol–water partition coefficient (Wildman–Crippen LogP) is 4.45. The van der Waals surface area contributed by atoms with Crippen molar-refractivity contribution in [3.63, 3.8) is 0 Å². The minimum atomic E-state index is -0.484. The van der Waals surface area contributed by atoms with E-state index in [0.717, 1.165) is 5.39 Å². The molecule has 1 heterocycles. The quantitative estimate of drug-likeness (QED) is 0.769. The van der Waals surface area contributed by atoms with Gasteiger partial charge in [-0.05, 0) is 24.1 Å². The van der Waals surface area contributed by atoms with Crippen LogP contribution in [0.4, 0.5) is 0 Å². The monoisotopic (exact) mass is 297 g/mol. The molecule has 0 spiro atoms. The summed E-state index contributed by atoms with van der Waals surface area (Å²) < 4.78 is 4.77. The van der Waals surface area contributed by atoms with Crippen LogP contribution in [-0.2, 0) is 4.74 Å². The Labute approximate surface area is 121 Å². The third-order valence-corrected chi connectivity index (χ3v) is 3.52. The Kier molecular flexibility index (Phi) is 3.97. The van der Waals surface area contributed by atoms with Gasteiger partial charge >= 0.3 is 5.97 Å². The Balaban J connectivity index is 2.85. The Morgan fingerprint density at radius 1 is 1.32 bits per heavy atom. The van der Waals surface area contributed by atoms with Gasteiger partial charge in [0.15, 0.2) is 5.69 Å². The number of nitrogens with zero attached hydrogens (tertiary/aromatic N) is 1. The molecule has 2 aromatic rings. The molecule has 3 nitrogen and oxygen atoms in total. The Morgan fingerprint density at radius 3 is 2.58 bits per heavy atom. The van der Waals surface area contributed by atoms with Gasteiger partial charge in [-0.1, -0.05) is 37.0 Å². The first kappa shape index (κ1) is 14.1. The zero-order valence-electron chi connectivity index (χ0n) is 10.8. The van der Waals surface area contributed by atoms with E-state index in [1.54, 1.807) is 18.2 Å². The van der Waals surface area contributed by atoms with Gasteiger partial charge in [0.25, 0.3) is 0 Å². The summed E-state index contributed by atoms with van der Waals surface area (Å²) in [5.74, 6) is -0.431. The van der Waals surface area contributed by atoms with E-state index < -0.39 is 5.97 Å². The molecule has 1 aromatic carbocycles. The number of halogens is 2. The molecule has 0 radical (unpaired) electrons. The lowest BCUT2D eigenvalue weighted by Crippen LogP contribution is -2.11. The summed E-state index contributed by atoms with van der Waals surface area (Å²) in [5.41, 5.74) is 1.57. The molecule has 2 rings (SSSR count). The number of esters is 1. The molecule has 0 unspecified atom stereocenters. The second kappa shape index (κ2) is 5.35. The number of rotatable bonds is 2. The van der Waals surface area contributed by atoms with E-state index in [2.05, 4.69) is 4.98 Å². The van der Waals surface area contributed by atoms with Crippen molar-refractivity contribution >= 4 is 40.1 Å². The van der Waals surface area contributed by atoms with Crippen molar-refractivity contribution < 1.29 is 9.53 Å². The zero-order chi connectivity index (χ0) is 14.2. The van der Waals surface area contributed by atoms with Crippen molar-refractivity contribution in [1.82, 2.24) is 4.98 Å². The first-order valence-corrected chi connectivity index (χ1v) is 6.58. The van der Waals surface area contributed by atoms with Crippen molar-refractivity contribution in [3.05, 3.63) is 39.5 Å². The molecule has 0 N–H and O–H groups in total. The lowest BCUT2D eigenvalue weighted by molar-refractivity contribution is 0.0592. The average Bonchev–Trinajstić information content (AvgIpc) is 2.37. The van der Waals surface area contributed by atoms with Crippen LogP contribution < -0.4 is 0 Å². The fourth-order valence-corrected chi connectivity index (χ4v) is 2.62. The van der Waals surface area contributed by atoms with E-state index in [1.165, 1.54) is 7.11 Å². The summed E-state index contributed by atoms with van der Waals surface area (Å²) in [5, 5.41) is 1.82. The number of carbonyl (C=O) groups is 1. The summed E-state index contributed by atoms with van der Waals surface area (Å²) in [7, 11) is 1.33. The molecule has 0 bridgehead atoms. The van der Waals surface area contributed by atoms with Gasteiger partial charge in [0.05, 0.1) is 17.6 Å². The molecule has 0 aliphatic rings. The Bertz CT molecular complexity index is 653. The minimum absolute atomic E-state index is 0.0532. The Morgan fingerprint density at radius 2 is 2.00 bits per heavy atom. The van der Waals surface area contributed by atoms with Crippen molar-refractivity contribution in [3.8, 4) is 0 Å². The molecule has 0 saturated heterocycles. The molecule has 100 valence electrons. The largest absolute Gasteiger partial charge is 0.464 e. The highest BCUT2D eigenvalue weighted by Crippen LogP contribution is 2.34. The highest BCUT2D eigenvalue weighted by molar-refractivity contribution is 6.37. The minimum Gasteiger partial charge on any atom is -0.464 e. The van der Waals surface area contributed by atoms with Gasteiger partial charge in [0, 0.05) is 16.0 Å². The van der Waals surface area contributed by atoms with Crippen LogP contribution in [0.25, 0.3) is 10.9 Å². The molecule has 0 fully saturated rings. The third kappa shape index (κ3) is 2.53. The smallest absolute Gasteiger partial charge is 0.357 e. The molecule has 19 heavy (non-hydrogen) atoms. The van der Waals surface area contributed by atoms with E-state index in [1.807, 2.05) is 13.8 Å². The topological polar surface area (TPSA) is 39.2 Å².